The van der Waals surface area contributed by atoms with Gasteiger partial charge in [0.1, 0.15) is 0 Å². The molecule has 3 heterocycles. The summed E-state index contributed by atoms with van der Waals surface area (Å²) in [5, 5.41) is 12.5. The maximum absolute atomic E-state index is 12.7. The van der Waals surface area contributed by atoms with Crippen molar-refractivity contribution in [3.05, 3.63) is 24.0 Å². The Morgan fingerprint density at radius 1 is 1.37 bits per heavy atom. The topological polar surface area (TPSA) is 85.8 Å². The summed E-state index contributed by atoms with van der Waals surface area (Å²) < 4.78 is 0. The van der Waals surface area contributed by atoms with Crippen molar-refractivity contribution in [2.75, 3.05) is 25.0 Å². The average molecular weight is 372 g/mol. The number of carbonyl (C=O) groups excluding carboxylic acids is 1. The van der Waals surface area contributed by atoms with Crippen LogP contribution in [-0.4, -0.2) is 63.6 Å². The van der Waals surface area contributed by atoms with Crippen molar-refractivity contribution in [2.24, 2.45) is 0 Å². The monoisotopic (exact) mass is 372 g/mol. The molecule has 3 aliphatic rings. The third-order valence-corrected chi connectivity index (χ3v) is 6.79. The van der Waals surface area contributed by atoms with Crippen LogP contribution in [0.1, 0.15) is 51.0 Å². The lowest BCUT2D eigenvalue weighted by Gasteiger charge is -2.41. The first-order valence-corrected chi connectivity index (χ1v) is 10.0. The molecule has 1 unspecified atom stereocenters. The van der Waals surface area contributed by atoms with Crippen LogP contribution < -0.4 is 5.32 Å². The summed E-state index contributed by atoms with van der Waals surface area (Å²) in [5.41, 5.74) is 1.55. The molecule has 1 saturated heterocycles. The van der Waals surface area contributed by atoms with Crippen LogP contribution in [0.4, 0.5) is 10.5 Å². The summed E-state index contributed by atoms with van der Waals surface area (Å²) in [6.45, 7) is 4.41. The molecule has 1 aliphatic carbocycles. The Morgan fingerprint density at radius 3 is 2.85 bits per heavy atom. The number of pyridine rings is 1. The number of hydrogen-bond acceptors (Lipinski definition) is 4. The van der Waals surface area contributed by atoms with Gasteiger partial charge in [-0.3, -0.25) is 14.7 Å². The Labute approximate surface area is 159 Å². The highest BCUT2D eigenvalue weighted by Crippen LogP contribution is 2.47. The van der Waals surface area contributed by atoms with Gasteiger partial charge in [-0.2, -0.15) is 0 Å². The smallest absolute Gasteiger partial charge is 0.407 e. The van der Waals surface area contributed by atoms with E-state index in [-0.39, 0.29) is 11.9 Å². The molecule has 146 valence electrons. The Bertz CT molecular complexity index is 730. The molecule has 1 aromatic rings. The SMILES string of the molecule is CCC1CN(C2CCC3(CC2)C(=O)Nc2cnccc23)CCCN1C(=O)O. The fraction of sp³-hybridized carbons (Fsp3) is 0.650. The van der Waals surface area contributed by atoms with E-state index in [0.717, 1.165) is 62.9 Å². The second-order valence-corrected chi connectivity index (χ2v) is 8.08. The molecule has 1 atom stereocenters. The molecule has 1 saturated carbocycles. The molecule has 0 bridgehead atoms. The fourth-order valence-electron chi connectivity index (χ4n) is 5.25. The van der Waals surface area contributed by atoms with Gasteiger partial charge in [-0.05, 0) is 50.2 Å². The molecule has 7 heteroatoms. The quantitative estimate of drug-likeness (QED) is 0.834. The summed E-state index contributed by atoms with van der Waals surface area (Å²) >= 11 is 0. The van der Waals surface area contributed by atoms with E-state index in [0.29, 0.717) is 12.6 Å². The molecule has 0 aromatic carbocycles. The molecule has 1 aromatic heterocycles. The first-order chi connectivity index (χ1) is 13.0. The predicted molar refractivity (Wildman–Crippen MR) is 102 cm³/mol. The molecule has 0 radical (unpaired) electrons. The molecule has 4 rings (SSSR count). The highest BCUT2D eigenvalue weighted by atomic mass is 16.4. The minimum Gasteiger partial charge on any atom is -0.465 e. The second kappa shape index (κ2) is 7.11. The van der Waals surface area contributed by atoms with E-state index in [1.54, 1.807) is 17.3 Å². The van der Waals surface area contributed by atoms with Crippen molar-refractivity contribution < 1.29 is 14.7 Å². The van der Waals surface area contributed by atoms with Crippen molar-refractivity contribution in [3.63, 3.8) is 0 Å². The number of amides is 2. The number of rotatable bonds is 2. The van der Waals surface area contributed by atoms with E-state index in [9.17, 15) is 14.7 Å². The van der Waals surface area contributed by atoms with E-state index in [4.69, 9.17) is 0 Å². The van der Waals surface area contributed by atoms with E-state index >= 15 is 0 Å². The molecular weight excluding hydrogens is 344 g/mol. The number of fused-ring (bicyclic) bond motifs is 2. The van der Waals surface area contributed by atoms with Gasteiger partial charge >= 0.3 is 6.09 Å². The number of anilines is 1. The largest absolute Gasteiger partial charge is 0.465 e. The maximum Gasteiger partial charge on any atom is 0.407 e. The Hall–Kier alpha value is -2.15. The number of carboxylic acid groups (broad SMARTS) is 1. The normalized spacial score (nSPS) is 31.4. The Kier molecular flexibility index (Phi) is 4.80. The van der Waals surface area contributed by atoms with Crippen LogP contribution in [0.5, 0.6) is 0 Å². The third kappa shape index (κ3) is 3.08. The van der Waals surface area contributed by atoms with Gasteiger partial charge in [-0.1, -0.05) is 6.92 Å². The number of aromatic nitrogens is 1. The van der Waals surface area contributed by atoms with E-state index < -0.39 is 11.5 Å². The van der Waals surface area contributed by atoms with Crippen LogP contribution in [0.3, 0.4) is 0 Å². The van der Waals surface area contributed by atoms with Crippen LogP contribution in [0.2, 0.25) is 0 Å². The van der Waals surface area contributed by atoms with Crippen LogP contribution in [0.25, 0.3) is 0 Å². The number of nitrogens with zero attached hydrogens (tertiary/aromatic N) is 3. The number of nitrogens with one attached hydrogen (secondary N) is 1. The summed E-state index contributed by atoms with van der Waals surface area (Å²) in [4.78, 5) is 32.5. The molecule has 2 amide bonds. The van der Waals surface area contributed by atoms with Gasteiger partial charge in [0.25, 0.3) is 0 Å². The third-order valence-electron chi connectivity index (χ3n) is 6.79. The standard InChI is InChI=1S/C20H28N4O3/c1-2-14-13-23(10-3-11-24(14)19(26)27)15-4-7-20(8-5-15)16-6-9-21-12-17(16)22-18(20)25/h6,9,12,14-15H,2-5,7-8,10-11,13H2,1H3,(H,22,25)(H,26,27). The van der Waals surface area contributed by atoms with Crippen LogP contribution in [0.15, 0.2) is 18.5 Å². The average Bonchev–Trinajstić information content (AvgIpc) is 2.84. The first kappa shape index (κ1) is 18.2. The van der Waals surface area contributed by atoms with Crippen molar-refractivity contribution in [3.8, 4) is 0 Å². The minimum absolute atomic E-state index is 0.0578. The highest BCUT2D eigenvalue weighted by molar-refractivity contribution is 6.06. The van der Waals surface area contributed by atoms with Crippen molar-refractivity contribution >= 4 is 17.7 Å². The lowest BCUT2D eigenvalue weighted by molar-refractivity contribution is -0.122. The van der Waals surface area contributed by atoms with Gasteiger partial charge in [0.2, 0.25) is 5.91 Å². The van der Waals surface area contributed by atoms with Gasteiger partial charge in [0.15, 0.2) is 0 Å². The van der Waals surface area contributed by atoms with Crippen molar-refractivity contribution in [2.45, 2.75) is 62.9 Å². The van der Waals surface area contributed by atoms with E-state index in [1.807, 2.05) is 6.07 Å². The van der Waals surface area contributed by atoms with E-state index in [1.165, 1.54) is 0 Å². The number of hydrogen-bond donors (Lipinski definition) is 2. The fourth-order valence-corrected chi connectivity index (χ4v) is 5.25. The highest BCUT2D eigenvalue weighted by Gasteiger charge is 2.49. The molecule has 2 N–H and O–H groups in total. The summed E-state index contributed by atoms with van der Waals surface area (Å²) in [6, 6.07) is 2.47. The lowest BCUT2D eigenvalue weighted by atomic mass is 9.69. The molecule has 27 heavy (non-hydrogen) atoms. The summed E-state index contributed by atoms with van der Waals surface area (Å²) in [5.74, 6) is 0.114. The zero-order valence-electron chi connectivity index (χ0n) is 15.9. The molecule has 2 aliphatic heterocycles. The van der Waals surface area contributed by atoms with Gasteiger partial charge in [-0.25, -0.2) is 4.79 Å². The molecule has 1 spiro atoms. The van der Waals surface area contributed by atoms with Crippen LogP contribution >= 0.6 is 0 Å². The zero-order chi connectivity index (χ0) is 19.0. The van der Waals surface area contributed by atoms with Crippen molar-refractivity contribution in [1.82, 2.24) is 14.8 Å². The predicted octanol–water partition coefficient (Wildman–Crippen LogP) is 2.68. The van der Waals surface area contributed by atoms with Gasteiger partial charge in [0.05, 0.1) is 17.3 Å². The summed E-state index contributed by atoms with van der Waals surface area (Å²) in [7, 11) is 0. The number of carbonyl (C=O) groups is 2. The maximum atomic E-state index is 12.7. The molecule has 7 nitrogen and oxygen atoms in total. The van der Waals surface area contributed by atoms with Crippen molar-refractivity contribution in [1.29, 1.82) is 0 Å². The van der Waals surface area contributed by atoms with Crippen LogP contribution in [0, 0.1) is 0 Å². The minimum atomic E-state index is -0.806. The summed E-state index contributed by atoms with van der Waals surface area (Å²) in [6.07, 6.45) is 8.05. The lowest BCUT2D eigenvalue weighted by Crippen LogP contribution is -2.49. The van der Waals surface area contributed by atoms with Crippen LogP contribution in [-0.2, 0) is 10.2 Å². The molecule has 2 fully saturated rings. The first-order valence-electron chi connectivity index (χ1n) is 10.0. The Balaban J connectivity index is 1.47. The zero-order valence-corrected chi connectivity index (χ0v) is 15.9. The van der Waals surface area contributed by atoms with Gasteiger partial charge in [-0.15, -0.1) is 0 Å². The van der Waals surface area contributed by atoms with Gasteiger partial charge < -0.3 is 15.3 Å². The second-order valence-electron chi connectivity index (χ2n) is 8.08. The Morgan fingerprint density at radius 2 is 2.15 bits per heavy atom. The van der Waals surface area contributed by atoms with Gasteiger partial charge in [0, 0.05) is 37.9 Å². The van der Waals surface area contributed by atoms with E-state index in [2.05, 4.69) is 22.1 Å². The molecular formula is C20H28N4O3.